The summed E-state index contributed by atoms with van der Waals surface area (Å²) < 4.78 is 8.02. The fraction of sp³-hybridized carbons (Fsp3) is 0.250. The number of nitrogens with zero attached hydrogens (tertiary/aromatic N) is 3. The molecule has 0 radical (unpaired) electrons. The summed E-state index contributed by atoms with van der Waals surface area (Å²) in [5.41, 5.74) is 1.38. The second-order valence-electron chi connectivity index (χ2n) is 3.94. The van der Waals surface area contributed by atoms with E-state index in [0.717, 1.165) is 10.2 Å². The van der Waals surface area contributed by atoms with Crippen LogP contribution in [0, 0.1) is 10.1 Å². The minimum absolute atomic E-state index is 0.0132. The van der Waals surface area contributed by atoms with Gasteiger partial charge in [0.2, 0.25) is 0 Å². The largest absolute Gasteiger partial charge is 0.492 e. The lowest BCUT2D eigenvalue weighted by Crippen LogP contribution is -2.02. The Labute approximate surface area is 132 Å². The average molecular weight is 405 g/mol. The molecule has 0 atom stereocenters. The van der Waals surface area contributed by atoms with Crippen molar-refractivity contribution in [2.45, 2.75) is 0 Å². The number of rotatable bonds is 5. The van der Waals surface area contributed by atoms with Gasteiger partial charge in [-0.1, -0.05) is 15.9 Å². The molecule has 0 saturated heterocycles. The average Bonchev–Trinajstić information content (AvgIpc) is 2.75. The highest BCUT2D eigenvalue weighted by atomic mass is 79.9. The molecular formula is C12H11Br2N3O3. The summed E-state index contributed by atoms with van der Waals surface area (Å²) in [5.74, 6) is 0.583. The first-order valence-electron chi connectivity index (χ1n) is 5.69. The van der Waals surface area contributed by atoms with Gasteiger partial charge in [-0.3, -0.25) is 14.8 Å². The van der Waals surface area contributed by atoms with Gasteiger partial charge < -0.3 is 4.74 Å². The molecule has 8 heteroatoms. The molecule has 0 spiro atoms. The molecule has 2 rings (SSSR count). The van der Waals surface area contributed by atoms with E-state index in [4.69, 9.17) is 4.74 Å². The quantitative estimate of drug-likeness (QED) is 0.434. The molecule has 1 heterocycles. The zero-order chi connectivity index (χ0) is 14.7. The molecular weight excluding hydrogens is 394 g/mol. The fourth-order valence-electron chi connectivity index (χ4n) is 1.80. The number of ether oxygens (including phenoxy) is 1. The predicted octanol–water partition coefficient (Wildman–Crippen LogP) is 3.53. The summed E-state index contributed by atoms with van der Waals surface area (Å²) in [6, 6.07) is 4.53. The zero-order valence-corrected chi connectivity index (χ0v) is 13.7. The first-order chi connectivity index (χ1) is 9.54. The Hall–Kier alpha value is -1.41. The van der Waals surface area contributed by atoms with Crippen molar-refractivity contribution < 1.29 is 9.66 Å². The molecule has 0 N–H and O–H groups in total. The van der Waals surface area contributed by atoms with E-state index in [2.05, 4.69) is 37.0 Å². The van der Waals surface area contributed by atoms with Gasteiger partial charge in [0, 0.05) is 30.1 Å². The summed E-state index contributed by atoms with van der Waals surface area (Å²) in [5, 5.41) is 15.7. The molecule has 106 valence electrons. The van der Waals surface area contributed by atoms with Gasteiger partial charge in [-0.05, 0) is 22.0 Å². The summed E-state index contributed by atoms with van der Waals surface area (Å²) in [7, 11) is 1.77. The summed E-state index contributed by atoms with van der Waals surface area (Å²) in [6.07, 6.45) is 1.64. The standard InChI is InChI=1S/C12H11Br2N3O3/c1-16-12(10(14)7-15-16)9-6-8(17(18)19)2-3-11(9)20-5-4-13/h2-3,6-7H,4-5H2,1H3. The van der Waals surface area contributed by atoms with Crippen molar-refractivity contribution in [1.29, 1.82) is 0 Å². The summed E-state index contributed by atoms with van der Waals surface area (Å²) >= 11 is 6.69. The maximum atomic E-state index is 10.9. The molecule has 0 aliphatic carbocycles. The molecule has 0 unspecified atom stereocenters. The molecule has 20 heavy (non-hydrogen) atoms. The van der Waals surface area contributed by atoms with Gasteiger partial charge in [0.05, 0.1) is 27.9 Å². The van der Waals surface area contributed by atoms with Crippen molar-refractivity contribution >= 4 is 37.5 Å². The molecule has 0 saturated carbocycles. The maximum absolute atomic E-state index is 10.9. The monoisotopic (exact) mass is 403 g/mol. The van der Waals surface area contributed by atoms with E-state index in [1.54, 1.807) is 24.0 Å². The van der Waals surface area contributed by atoms with Crippen LogP contribution < -0.4 is 4.74 Å². The Morgan fingerprint density at radius 1 is 1.50 bits per heavy atom. The number of aromatic nitrogens is 2. The minimum Gasteiger partial charge on any atom is -0.492 e. The van der Waals surface area contributed by atoms with Crippen LogP contribution in [0.15, 0.2) is 28.9 Å². The smallest absolute Gasteiger partial charge is 0.270 e. The number of nitro benzene ring substituents is 1. The van der Waals surface area contributed by atoms with Crippen LogP contribution in [0.1, 0.15) is 0 Å². The molecule has 0 aliphatic heterocycles. The predicted molar refractivity (Wildman–Crippen MR) is 82.3 cm³/mol. The van der Waals surface area contributed by atoms with Crippen LogP contribution >= 0.6 is 31.9 Å². The van der Waals surface area contributed by atoms with E-state index in [1.807, 2.05) is 0 Å². The lowest BCUT2D eigenvalue weighted by molar-refractivity contribution is -0.384. The SMILES string of the molecule is Cn1ncc(Br)c1-c1cc([N+](=O)[O-])ccc1OCCBr. The zero-order valence-electron chi connectivity index (χ0n) is 10.5. The van der Waals surface area contributed by atoms with Crippen LogP contribution in [0.3, 0.4) is 0 Å². The Morgan fingerprint density at radius 2 is 2.25 bits per heavy atom. The lowest BCUT2D eigenvalue weighted by atomic mass is 10.1. The van der Waals surface area contributed by atoms with E-state index >= 15 is 0 Å². The van der Waals surface area contributed by atoms with E-state index in [0.29, 0.717) is 23.2 Å². The second kappa shape index (κ2) is 6.36. The number of hydrogen-bond donors (Lipinski definition) is 0. The molecule has 6 nitrogen and oxygen atoms in total. The topological polar surface area (TPSA) is 70.2 Å². The summed E-state index contributed by atoms with van der Waals surface area (Å²) in [4.78, 5) is 10.5. The van der Waals surface area contributed by atoms with E-state index in [-0.39, 0.29) is 5.69 Å². The van der Waals surface area contributed by atoms with E-state index < -0.39 is 4.92 Å². The van der Waals surface area contributed by atoms with E-state index in [9.17, 15) is 10.1 Å². The van der Waals surface area contributed by atoms with Gasteiger partial charge in [0.25, 0.3) is 5.69 Å². The van der Waals surface area contributed by atoms with Crippen LogP contribution in [0.2, 0.25) is 0 Å². The van der Waals surface area contributed by atoms with Crippen LogP contribution in [0.4, 0.5) is 5.69 Å². The molecule has 2 aromatic rings. The van der Waals surface area contributed by atoms with Crippen LogP contribution in [-0.4, -0.2) is 26.6 Å². The minimum atomic E-state index is -0.429. The second-order valence-corrected chi connectivity index (χ2v) is 5.59. The van der Waals surface area contributed by atoms with Gasteiger partial charge in [-0.15, -0.1) is 0 Å². The Kier molecular flexibility index (Phi) is 4.77. The molecule has 0 fully saturated rings. The Bertz CT molecular complexity index is 623. The molecule has 1 aromatic carbocycles. The van der Waals surface area contributed by atoms with Gasteiger partial charge in [0.1, 0.15) is 5.75 Å². The third kappa shape index (κ3) is 3.01. The highest BCUT2D eigenvalue weighted by Crippen LogP contribution is 2.37. The third-order valence-electron chi connectivity index (χ3n) is 2.66. The van der Waals surface area contributed by atoms with E-state index in [1.165, 1.54) is 12.1 Å². The number of hydrogen-bond acceptors (Lipinski definition) is 4. The number of benzene rings is 1. The van der Waals surface area contributed by atoms with Crippen LogP contribution in [0.5, 0.6) is 5.75 Å². The lowest BCUT2D eigenvalue weighted by Gasteiger charge is -2.11. The van der Waals surface area contributed by atoms with Crippen molar-refractivity contribution in [3.8, 4) is 17.0 Å². The van der Waals surface area contributed by atoms with Gasteiger partial charge in [-0.25, -0.2) is 0 Å². The normalized spacial score (nSPS) is 10.6. The van der Waals surface area contributed by atoms with Crippen LogP contribution in [0.25, 0.3) is 11.3 Å². The van der Waals surface area contributed by atoms with Crippen molar-refractivity contribution in [3.05, 3.63) is 39.0 Å². The number of halogens is 2. The molecule has 0 aliphatic rings. The molecule has 1 aromatic heterocycles. The van der Waals surface area contributed by atoms with Gasteiger partial charge >= 0.3 is 0 Å². The first kappa shape index (κ1) is 15.0. The van der Waals surface area contributed by atoms with Gasteiger partial charge in [-0.2, -0.15) is 5.10 Å². The van der Waals surface area contributed by atoms with Crippen molar-refractivity contribution in [3.63, 3.8) is 0 Å². The van der Waals surface area contributed by atoms with Crippen molar-refractivity contribution in [1.82, 2.24) is 9.78 Å². The highest BCUT2D eigenvalue weighted by molar-refractivity contribution is 9.10. The maximum Gasteiger partial charge on any atom is 0.270 e. The van der Waals surface area contributed by atoms with Crippen molar-refractivity contribution in [2.24, 2.45) is 7.05 Å². The number of nitro groups is 1. The Morgan fingerprint density at radius 3 is 2.80 bits per heavy atom. The Balaban J connectivity index is 2.57. The number of non-ortho nitro benzene ring substituents is 1. The molecule has 0 bridgehead atoms. The first-order valence-corrected chi connectivity index (χ1v) is 7.61. The van der Waals surface area contributed by atoms with Crippen LogP contribution in [-0.2, 0) is 7.05 Å². The number of alkyl halides is 1. The van der Waals surface area contributed by atoms with Gasteiger partial charge in [0.15, 0.2) is 0 Å². The highest BCUT2D eigenvalue weighted by Gasteiger charge is 2.18. The molecule has 0 amide bonds. The van der Waals surface area contributed by atoms with Crippen molar-refractivity contribution in [2.75, 3.05) is 11.9 Å². The summed E-state index contributed by atoms with van der Waals surface area (Å²) in [6.45, 7) is 0.473. The number of aryl methyl sites for hydroxylation is 1. The third-order valence-corrected chi connectivity index (χ3v) is 3.56. The fourth-order valence-corrected chi connectivity index (χ4v) is 2.53.